The summed E-state index contributed by atoms with van der Waals surface area (Å²) in [6.45, 7) is 6.16. The van der Waals surface area contributed by atoms with Crippen molar-refractivity contribution < 1.29 is 14.6 Å². The highest BCUT2D eigenvalue weighted by molar-refractivity contribution is 5.69. The van der Waals surface area contributed by atoms with Crippen LogP contribution in [0.2, 0.25) is 0 Å². The van der Waals surface area contributed by atoms with Gasteiger partial charge in [-0.15, -0.1) is 0 Å². The summed E-state index contributed by atoms with van der Waals surface area (Å²) in [6, 6.07) is 0.475. The Kier molecular flexibility index (Phi) is 8.02. The molecule has 0 radical (unpaired) electrons. The molecule has 0 spiro atoms. The van der Waals surface area contributed by atoms with Gasteiger partial charge in [0.2, 0.25) is 0 Å². The highest BCUT2D eigenvalue weighted by Gasteiger charge is 2.25. The predicted molar refractivity (Wildman–Crippen MR) is 75.0 cm³/mol. The van der Waals surface area contributed by atoms with E-state index in [1.54, 1.807) is 0 Å². The first-order valence-electron chi connectivity index (χ1n) is 7.33. The van der Waals surface area contributed by atoms with Crippen LogP contribution in [0.25, 0.3) is 0 Å². The first-order valence-corrected chi connectivity index (χ1v) is 7.33. The highest BCUT2D eigenvalue weighted by atomic mass is 16.5. The maximum atomic E-state index is 11.2. The number of aliphatic hydroxyl groups excluding tert-OH is 1. The third-order valence-electron chi connectivity index (χ3n) is 3.82. The molecule has 0 aromatic rings. The van der Waals surface area contributed by atoms with Crippen LogP contribution in [0.1, 0.15) is 32.6 Å². The molecule has 1 heterocycles. The number of carbonyl (C=O) groups excluding carboxylic acids is 1. The van der Waals surface area contributed by atoms with Crippen LogP contribution in [0.5, 0.6) is 0 Å². The largest absolute Gasteiger partial charge is 0.469 e. The van der Waals surface area contributed by atoms with Gasteiger partial charge in [0.05, 0.1) is 13.5 Å². The zero-order valence-corrected chi connectivity index (χ0v) is 12.2. The molecule has 1 aliphatic rings. The standard InChI is InChI=1S/C14H28N2O3/c1-3-12-9-13(15-6-4-8-17)11-16(10-12)7-5-14(18)19-2/h12-13,15,17H,3-11H2,1-2H3. The summed E-state index contributed by atoms with van der Waals surface area (Å²) < 4.78 is 4.69. The third kappa shape index (κ3) is 6.36. The van der Waals surface area contributed by atoms with Gasteiger partial charge >= 0.3 is 5.97 Å². The van der Waals surface area contributed by atoms with Gasteiger partial charge in [0.1, 0.15) is 0 Å². The van der Waals surface area contributed by atoms with Gasteiger partial charge in [-0.05, 0) is 25.3 Å². The van der Waals surface area contributed by atoms with E-state index in [9.17, 15) is 4.79 Å². The SMILES string of the molecule is CCC1CC(NCCCO)CN(CCC(=O)OC)C1. The molecule has 5 nitrogen and oxygen atoms in total. The van der Waals surface area contributed by atoms with Crippen LogP contribution < -0.4 is 5.32 Å². The molecule has 0 aliphatic carbocycles. The smallest absolute Gasteiger partial charge is 0.306 e. The number of aliphatic hydroxyl groups is 1. The third-order valence-corrected chi connectivity index (χ3v) is 3.82. The van der Waals surface area contributed by atoms with E-state index in [-0.39, 0.29) is 12.6 Å². The molecule has 0 saturated carbocycles. The second-order valence-corrected chi connectivity index (χ2v) is 5.32. The van der Waals surface area contributed by atoms with Crippen molar-refractivity contribution in [1.82, 2.24) is 10.2 Å². The number of hydrogen-bond acceptors (Lipinski definition) is 5. The van der Waals surface area contributed by atoms with Crippen molar-refractivity contribution >= 4 is 5.97 Å². The average Bonchev–Trinajstić information content (AvgIpc) is 2.44. The molecular weight excluding hydrogens is 244 g/mol. The van der Waals surface area contributed by atoms with Crippen molar-refractivity contribution in [2.24, 2.45) is 5.92 Å². The van der Waals surface area contributed by atoms with Crippen molar-refractivity contribution in [3.8, 4) is 0 Å². The van der Waals surface area contributed by atoms with E-state index in [0.717, 1.165) is 32.6 Å². The lowest BCUT2D eigenvalue weighted by Crippen LogP contribution is -2.49. The molecule has 2 atom stereocenters. The minimum atomic E-state index is -0.136. The molecule has 1 rings (SSSR count). The summed E-state index contributed by atoms with van der Waals surface area (Å²) in [5.74, 6) is 0.557. The number of hydrogen-bond donors (Lipinski definition) is 2. The van der Waals surface area contributed by atoms with Crippen LogP contribution in [-0.4, -0.2) is 61.9 Å². The fourth-order valence-electron chi connectivity index (χ4n) is 2.67. The number of likely N-dealkylation sites (tertiary alicyclic amines) is 1. The average molecular weight is 272 g/mol. The summed E-state index contributed by atoms with van der Waals surface area (Å²) in [5, 5.41) is 12.3. The van der Waals surface area contributed by atoms with Crippen LogP contribution in [0.3, 0.4) is 0 Å². The zero-order valence-electron chi connectivity index (χ0n) is 12.2. The molecule has 19 heavy (non-hydrogen) atoms. The minimum absolute atomic E-state index is 0.136. The second-order valence-electron chi connectivity index (χ2n) is 5.32. The van der Waals surface area contributed by atoms with E-state index in [1.807, 2.05) is 0 Å². The molecule has 0 aromatic heterocycles. The summed E-state index contributed by atoms with van der Waals surface area (Å²) in [7, 11) is 1.44. The Bertz CT molecular complexity index is 261. The topological polar surface area (TPSA) is 61.8 Å². The molecule has 2 N–H and O–H groups in total. The number of carbonyl (C=O) groups is 1. The van der Waals surface area contributed by atoms with Crippen molar-refractivity contribution in [3.05, 3.63) is 0 Å². The van der Waals surface area contributed by atoms with Crippen LogP contribution >= 0.6 is 0 Å². The van der Waals surface area contributed by atoms with Gasteiger partial charge in [-0.25, -0.2) is 0 Å². The molecule has 112 valence electrons. The van der Waals surface area contributed by atoms with E-state index in [1.165, 1.54) is 20.0 Å². The number of piperidine rings is 1. The molecule has 2 unspecified atom stereocenters. The number of rotatable bonds is 8. The fraction of sp³-hybridized carbons (Fsp3) is 0.929. The lowest BCUT2D eigenvalue weighted by Gasteiger charge is -2.38. The molecule has 1 fully saturated rings. The molecule has 1 saturated heterocycles. The lowest BCUT2D eigenvalue weighted by atomic mass is 9.92. The van der Waals surface area contributed by atoms with E-state index in [0.29, 0.717) is 18.4 Å². The number of esters is 1. The van der Waals surface area contributed by atoms with Gasteiger partial charge in [-0.2, -0.15) is 0 Å². The number of nitrogens with zero attached hydrogens (tertiary/aromatic N) is 1. The first-order chi connectivity index (χ1) is 9.19. The maximum absolute atomic E-state index is 11.2. The molecular formula is C14H28N2O3. The Morgan fingerprint density at radius 2 is 2.26 bits per heavy atom. The number of nitrogens with one attached hydrogen (secondary N) is 1. The molecule has 0 bridgehead atoms. The summed E-state index contributed by atoms with van der Waals surface area (Å²) in [6.07, 6.45) is 3.63. The Labute approximate surface area is 116 Å². The van der Waals surface area contributed by atoms with Gasteiger partial charge in [-0.1, -0.05) is 13.3 Å². The predicted octanol–water partition coefficient (Wildman–Crippen LogP) is 0.622. The Balaban J connectivity index is 2.36. The normalized spacial score (nSPS) is 24.4. The van der Waals surface area contributed by atoms with E-state index in [2.05, 4.69) is 17.1 Å². The molecule has 1 aliphatic heterocycles. The van der Waals surface area contributed by atoms with E-state index < -0.39 is 0 Å². The minimum Gasteiger partial charge on any atom is -0.469 e. The quantitative estimate of drug-likeness (QED) is 0.501. The van der Waals surface area contributed by atoms with Crippen LogP contribution in [0.15, 0.2) is 0 Å². The zero-order chi connectivity index (χ0) is 14.1. The van der Waals surface area contributed by atoms with Crippen molar-refractivity contribution in [2.75, 3.05) is 39.9 Å². The van der Waals surface area contributed by atoms with Crippen molar-refractivity contribution in [1.29, 1.82) is 0 Å². The Morgan fingerprint density at radius 3 is 2.89 bits per heavy atom. The summed E-state index contributed by atoms with van der Waals surface area (Å²) in [4.78, 5) is 13.6. The van der Waals surface area contributed by atoms with Gasteiger partial charge in [0, 0.05) is 32.3 Å². The van der Waals surface area contributed by atoms with Crippen LogP contribution in [-0.2, 0) is 9.53 Å². The monoisotopic (exact) mass is 272 g/mol. The van der Waals surface area contributed by atoms with Gasteiger partial charge in [-0.3, -0.25) is 4.79 Å². The number of ether oxygens (including phenoxy) is 1. The highest BCUT2D eigenvalue weighted by Crippen LogP contribution is 2.20. The molecule has 0 amide bonds. The van der Waals surface area contributed by atoms with Crippen molar-refractivity contribution in [2.45, 2.75) is 38.6 Å². The van der Waals surface area contributed by atoms with Gasteiger partial charge < -0.3 is 20.1 Å². The Hall–Kier alpha value is -0.650. The number of methoxy groups -OCH3 is 1. The second kappa shape index (κ2) is 9.28. The summed E-state index contributed by atoms with van der Waals surface area (Å²) in [5.41, 5.74) is 0. The molecule has 5 heteroatoms. The Morgan fingerprint density at radius 1 is 1.47 bits per heavy atom. The van der Waals surface area contributed by atoms with E-state index in [4.69, 9.17) is 9.84 Å². The maximum Gasteiger partial charge on any atom is 0.306 e. The molecule has 0 aromatic carbocycles. The van der Waals surface area contributed by atoms with Crippen LogP contribution in [0.4, 0.5) is 0 Å². The van der Waals surface area contributed by atoms with Crippen LogP contribution in [0, 0.1) is 5.92 Å². The van der Waals surface area contributed by atoms with E-state index >= 15 is 0 Å². The fourth-order valence-corrected chi connectivity index (χ4v) is 2.67. The lowest BCUT2D eigenvalue weighted by molar-refractivity contribution is -0.141. The summed E-state index contributed by atoms with van der Waals surface area (Å²) >= 11 is 0. The first kappa shape index (κ1) is 16.4. The van der Waals surface area contributed by atoms with Gasteiger partial charge in [0.25, 0.3) is 0 Å². The van der Waals surface area contributed by atoms with Crippen molar-refractivity contribution in [3.63, 3.8) is 0 Å². The van der Waals surface area contributed by atoms with Gasteiger partial charge in [0.15, 0.2) is 0 Å².